The van der Waals surface area contributed by atoms with Crippen molar-refractivity contribution in [2.75, 3.05) is 18.1 Å². The molecule has 1 aromatic heterocycles. The fraction of sp³-hybridized carbons (Fsp3) is 0.350. The van der Waals surface area contributed by atoms with E-state index in [2.05, 4.69) is 15.6 Å². The number of aromatic nitrogens is 1. The molecular formula is C20H22F3N3O5S. The number of carbonyl (C=O) groups excluding carboxylic acids is 2. The van der Waals surface area contributed by atoms with Crippen molar-refractivity contribution in [2.45, 2.75) is 36.9 Å². The number of halogens is 3. The predicted molar refractivity (Wildman–Crippen MR) is 110 cm³/mol. The molecule has 2 amide bonds. The van der Waals surface area contributed by atoms with E-state index in [-0.39, 0.29) is 28.3 Å². The van der Waals surface area contributed by atoms with Gasteiger partial charge in [0.05, 0.1) is 33.8 Å². The number of pyridine rings is 1. The molecule has 12 heteroatoms. The molecule has 3 N–H and O–H groups in total. The van der Waals surface area contributed by atoms with Crippen molar-refractivity contribution in [2.24, 2.45) is 0 Å². The molecule has 0 aliphatic rings. The Labute approximate surface area is 182 Å². The van der Waals surface area contributed by atoms with E-state index in [1.807, 2.05) is 0 Å². The summed E-state index contributed by atoms with van der Waals surface area (Å²) in [6.45, 7) is 2.42. The summed E-state index contributed by atoms with van der Waals surface area (Å²) in [5.41, 5.74) is -3.86. The first kappa shape index (κ1) is 25.3. The van der Waals surface area contributed by atoms with Gasteiger partial charge >= 0.3 is 6.18 Å². The molecule has 0 radical (unpaired) electrons. The number of hydrogen-bond donors (Lipinski definition) is 3. The Hall–Kier alpha value is -2.99. The highest BCUT2D eigenvalue weighted by Crippen LogP contribution is 2.33. The van der Waals surface area contributed by atoms with E-state index < -0.39 is 44.7 Å². The van der Waals surface area contributed by atoms with E-state index >= 15 is 0 Å². The van der Waals surface area contributed by atoms with Crippen LogP contribution in [-0.2, 0) is 27.2 Å². The molecule has 32 heavy (non-hydrogen) atoms. The van der Waals surface area contributed by atoms with Crippen LogP contribution in [0.4, 0.5) is 18.9 Å². The SMILES string of the molecule is CCc1ncc(NC(=O)C(C)(O)CS(=O)(=O)c2ccc(C(=O)NC)cc2)cc1C(F)(F)F. The second-order valence-electron chi connectivity index (χ2n) is 7.16. The third-order valence-corrected chi connectivity index (χ3v) is 6.46. The van der Waals surface area contributed by atoms with Gasteiger partial charge in [0.1, 0.15) is 0 Å². The molecule has 1 aromatic carbocycles. The molecular weight excluding hydrogens is 451 g/mol. The highest BCUT2D eigenvalue weighted by molar-refractivity contribution is 7.91. The Morgan fingerprint density at radius 2 is 1.75 bits per heavy atom. The number of rotatable bonds is 7. The Balaban J connectivity index is 2.23. The molecule has 1 heterocycles. The molecule has 2 rings (SSSR count). The van der Waals surface area contributed by atoms with E-state index in [0.29, 0.717) is 6.07 Å². The molecule has 1 unspecified atom stereocenters. The zero-order valence-corrected chi connectivity index (χ0v) is 18.3. The summed E-state index contributed by atoms with van der Waals surface area (Å²) < 4.78 is 64.8. The number of anilines is 1. The first-order chi connectivity index (χ1) is 14.7. The molecule has 0 aliphatic carbocycles. The highest BCUT2D eigenvalue weighted by atomic mass is 32.2. The maximum atomic E-state index is 13.2. The van der Waals surface area contributed by atoms with Crippen molar-refractivity contribution in [1.82, 2.24) is 10.3 Å². The summed E-state index contributed by atoms with van der Waals surface area (Å²) in [6, 6.07) is 5.50. The van der Waals surface area contributed by atoms with E-state index in [4.69, 9.17) is 0 Å². The summed E-state index contributed by atoms with van der Waals surface area (Å²) in [5, 5.41) is 14.9. The lowest BCUT2D eigenvalue weighted by molar-refractivity contribution is -0.138. The van der Waals surface area contributed by atoms with Crippen LogP contribution >= 0.6 is 0 Å². The van der Waals surface area contributed by atoms with Crippen LogP contribution < -0.4 is 10.6 Å². The van der Waals surface area contributed by atoms with Gasteiger partial charge in [-0.1, -0.05) is 6.92 Å². The maximum absolute atomic E-state index is 13.2. The number of alkyl halides is 3. The van der Waals surface area contributed by atoms with Gasteiger partial charge in [-0.25, -0.2) is 8.42 Å². The van der Waals surface area contributed by atoms with Gasteiger partial charge in [-0.05, 0) is 43.7 Å². The molecule has 174 valence electrons. The van der Waals surface area contributed by atoms with Gasteiger partial charge in [-0.3, -0.25) is 14.6 Å². The predicted octanol–water partition coefficient (Wildman–Crippen LogP) is 2.19. The quantitative estimate of drug-likeness (QED) is 0.566. The van der Waals surface area contributed by atoms with Crippen molar-refractivity contribution >= 4 is 27.3 Å². The topological polar surface area (TPSA) is 125 Å². The lowest BCUT2D eigenvalue weighted by Crippen LogP contribution is -2.45. The van der Waals surface area contributed by atoms with Gasteiger partial charge < -0.3 is 15.7 Å². The van der Waals surface area contributed by atoms with Crippen molar-refractivity contribution in [3.8, 4) is 0 Å². The number of nitrogens with one attached hydrogen (secondary N) is 2. The van der Waals surface area contributed by atoms with Crippen molar-refractivity contribution in [1.29, 1.82) is 0 Å². The van der Waals surface area contributed by atoms with Crippen LogP contribution in [0.3, 0.4) is 0 Å². The highest BCUT2D eigenvalue weighted by Gasteiger charge is 2.38. The van der Waals surface area contributed by atoms with Gasteiger partial charge in [0.25, 0.3) is 11.8 Å². The number of aliphatic hydroxyl groups is 1. The fourth-order valence-electron chi connectivity index (χ4n) is 2.83. The van der Waals surface area contributed by atoms with Gasteiger partial charge in [-0.15, -0.1) is 0 Å². The minimum atomic E-state index is -4.70. The Bertz CT molecular complexity index is 1110. The standard InChI is InChI=1S/C20H22F3N3O5S/c1-4-16-15(20(21,22)23)9-13(10-25-16)26-18(28)19(2,29)11-32(30,31)14-7-5-12(6-8-14)17(27)24-3/h5-10,29H,4,11H2,1-3H3,(H,24,27)(H,26,28). The van der Waals surface area contributed by atoms with Crippen LogP contribution in [0.25, 0.3) is 0 Å². The molecule has 2 aromatic rings. The molecule has 1 atom stereocenters. The second kappa shape index (κ2) is 9.25. The third kappa shape index (κ3) is 5.82. The van der Waals surface area contributed by atoms with Crippen molar-refractivity contribution in [3.63, 3.8) is 0 Å². The number of nitrogens with zero attached hydrogens (tertiary/aromatic N) is 1. The number of benzene rings is 1. The molecule has 0 bridgehead atoms. The summed E-state index contributed by atoms with van der Waals surface area (Å²) in [4.78, 5) is 27.5. The molecule has 0 saturated carbocycles. The number of carbonyl (C=O) groups is 2. The third-order valence-electron chi connectivity index (χ3n) is 4.53. The normalized spacial score (nSPS) is 13.8. The van der Waals surface area contributed by atoms with Crippen molar-refractivity contribution < 1.29 is 36.3 Å². The maximum Gasteiger partial charge on any atom is 0.418 e. The zero-order valence-electron chi connectivity index (χ0n) is 17.4. The molecule has 0 fully saturated rings. The van der Waals surface area contributed by atoms with Crippen LogP contribution in [0.15, 0.2) is 41.4 Å². The fourth-order valence-corrected chi connectivity index (χ4v) is 4.42. The van der Waals surface area contributed by atoms with E-state index in [9.17, 15) is 36.3 Å². The smallest absolute Gasteiger partial charge is 0.379 e. The van der Waals surface area contributed by atoms with Gasteiger partial charge in [-0.2, -0.15) is 13.2 Å². The van der Waals surface area contributed by atoms with E-state index in [1.165, 1.54) is 26.1 Å². The minimum absolute atomic E-state index is 0.0116. The average Bonchev–Trinajstić information content (AvgIpc) is 2.71. The first-order valence-corrected chi connectivity index (χ1v) is 11.0. The van der Waals surface area contributed by atoms with Gasteiger partial charge in [0, 0.05) is 12.6 Å². The van der Waals surface area contributed by atoms with Crippen LogP contribution in [0.2, 0.25) is 0 Å². The van der Waals surface area contributed by atoms with Crippen molar-refractivity contribution in [3.05, 3.63) is 53.3 Å². The summed E-state index contributed by atoms with van der Waals surface area (Å²) in [7, 11) is -2.78. The lowest BCUT2D eigenvalue weighted by atomic mass is 10.1. The Morgan fingerprint density at radius 1 is 1.16 bits per heavy atom. The Kier molecular flexibility index (Phi) is 7.30. The number of aryl methyl sites for hydroxylation is 1. The first-order valence-electron chi connectivity index (χ1n) is 9.36. The molecule has 0 spiro atoms. The second-order valence-corrected chi connectivity index (χ2v) is 9.15. The minimum Gasteiger partial charge on any atom is -0.379 e. The summed E-state index contributed by atoms with van der Waals surface area (Å²) >= 11 is 0. The zero-order chi connectivity index (χ0) is 24.3. The molecule has 8 nitrogen and oxygen atoms in total. The van der Waals surface area contributed by atoms with Gasteiger partial charge in [0.2, 0.25) is 0 Å². The van der Waals surface area contributed by atoms with E-state index in [1.54, 1.807) is 0 Å². The van der Waals surface area contributed by atoms with Gasteiger partial charge in [0.15, 0.2) is 15.4 Å². The monoisotopic (exact) mass is 473 g/mol. The average molecular weight is 473 g/mol. The lowest BCUT2D eigenvalue weighted by Gasteiger charge is -2.22. The molecule has 0 saturated heterocycles. The summed E-state index contributed by atoms with van der Waals surface area (Å²) in [6.07, 6.45) is -3.70. The number of amides is 2. The number of hydrogen-bond acceptors (Lipinski definition) is 6. The summed E-state index contributed by atoms with van der Waals surface area (Å²) in [5.74, 6) is -2.69. The Morgan fingerprint density at radius 3 is 2.25 bits per heavy atom. The van der Waals surface area contributed by atoms with Crippen LogP contribution in [-0.4, -0.2) is 48.7 Å². The number of sulfone groups is 1. The molecule has 0 aliphatic heterocycles. The largest absolute Gasteiger partial charge is 0.418 e. The van der Waals surface area contributed by atoms with E-state index in [0.717, 1.165) is 25.3 Å². The van der Waals surface area contributed by atoms with Crippen LogP contribution in [0, 0.1) is 0 Å². The van der Waals surface area contributed by atoms with Crippen LogP contribution in [0.5, 0.6) is 0 Å². The van der Waals surface area contributed by atoms with Crippen LogP contribution in [0.1, 0.15) is 35.5 Å².